The maximum absolute atomic E-state index is 11.3. The zero-order valence-corrected chi connectivity index (χ0v) is 18.4. The Morgan fingerprint density at radius 1 is 0.970 bits per heavy atom. The van der Waals surface area contributed by atoms with Gasteiger partial charge in [0, 0.05) is 30.0 Å². The smallest absolute Gasteiger partial charge is 0.335 e. The molecule has 164 valence electrons. The quantitative estimate of drug-likeness (QED) is 0.423. The first kappa shape index (κ1) is 20.8. The van der Waals surface area contributed by atoms with Crippen molar-refractivity contribution in [3.05, 3.63) is 114 Å². The molecular formula is C25H21N5O2S. The van der Waals surface area contributed by atoms with Crippen LogP contribution in [0.4, 0.5) is 0 Å². The number of benzene rings is 1. The number of nitrogens with one attached hydrogen (secondary N) is 1. The predicted octanol–water partition coefficient (Wildman–Crippen LogP) is 4.14. The van der Waals surface area contributed by atoms with Gasteiger partial charge in [-0.05, 0) is 72.9 Å². The molecule has 0 aliphatic carbocycles. The van der Waals surface area contributed by atoms with E-state index in [9.17, 15) is 9.90 Å². The van der Waals surface area contributed by atoms with Gasteiger partial charge in [0.15, 0.2) is 5.11 Å². The molecule has 1 saturated heterocycles. The molecule has 2 N–H and O–H groups in total. The molecule has 1 fully saturated rings. The van der Waals surface area contributed by atoms with E-state index in [1.165, 1.54) is 0 Å². The zero-order chi connectivity index (χ0) is 22.8. The minimum absolute atomic E-state index is 0.149. The van der Waals surface area contributed by atoms with Gasteiger partial charge in [0.25, 0.3) is 0 Å². The topological polar surface area (TPSA) is 83.3 Å². The van der Waals surface area contributed by atoms with Crippen molar-refractivity contribution >= 4 is 23.3 Å². The Balaban J connectivity index is 1.58. The molecule has 5 rings (SSSR count). The molecular weight excluding hydrogens is 434 g/mol. The number of aromatic nitrogens is 3. The maximum Gasteiger partial charge on any atom is 0.335 e. The first-order valence-corrected chi connectivity index (χ1v) is 10.9. The third-order valence-electron chi connectivity index (χ3n) is 5.73. The minimum Gasteiger partial charge on any atom is -0.478 e. The van der Waals surface area contributed by atoms with E-state index in [0.717, 1.165) is 22.8 Å². The normalized spacial score (nSPS) is 17.7. The van der Waals surface area contributed by atoms with Crippen LogP contribution in [0.5, 0.6) is 0 Å². The summed E-state index contributed by atoms with van der Waals surface area (Å²) in [6.07, 6.45) is 5.53. The van der Waals surface area contributed by atoms with Crippen molar-refractivity contribution in [1.82, 2.24) is 24.8 Å². The summed E-state index contributed by atoms with van der Waals surface area (Å²) in [5.41, 5.74) is 3.94. The highest BCUT2D eigenvalue weighted by molar-refractivity contribution is 7.80. The van der Waals surface area contributed by atoms with Crippen LogP contribution in [0, 0.1) is 0 Å². The summed E-state index contributed by atoms with van der Waals surface area (Å²) in [5, 5.41) is 13.3. The van der Waals surface area contributed by atoms with Crippen LogP contribution >= 0.6 is 12.2 Å². The zero-order valence-electron chi connectivity index (χ0n) is 17.6. The van der Waals surface area contributed by atoms with Gasteiger partial charge in [0.05, 0.1) is 35.6 Å². The second-order valence-electron chi connectivity index (χ2n) is 7.73. The van der Waals surface area contributed by atoms with Crippen LogP contribution in [0.15, 0.2) is 91.4 Å². The fourth-order valence-electron chi connectivity index (χ4n) is 4.20. The highest BCUT2D eigenvalue weighted by Gasteiger charge is 2.41. The van der Waals surface area contributed by atoms with E-state index in [1.54, 1.807) is 24.5 Å². The molecule has 0 amide bonds. The van der Waals surface area contributed by atoms with Crippen molar-refractivity contribution in [2.75, 3.05) is 0 Å². The molecule has 0 bridgehead atoms. The standard InChI is InChI=1S/C25H21N5O2S/c31-24(32)17-9-11-19(12-10-17)29-15-5-8-21(29)23-22(20-7-2-4-14-27-20)28-25(33)30(23)16-18-6-1-3-13-26-18/h1-15,22-23H,16H2,(H,28,33)(H,31,32)/t22-,23-/m1/s1. The lowest BCUT2D eigenvalue weighted by Crippen LogP contribution is -2.30. The molecule has 2 atom stereocenters. The van der Waals surface area contributed by atoms with Crippen molar-refractivity contribution in [1.29, 1.82) is 0 Å². The molecule has 4 heterocycles. The van der Waals surface area contributed by atoms with E-state index in [2.05, 4.69) is 30.8 Å². The second-order valence-corrected chi connectivity index (χ2v) is 8.12. The Kier molecular flexibility index (Phi) is 5.58. The molecule has 4 aromatic rings. The molecule has 0 unspecified atom stereocenters. The Morgan fingerprint density at radius 2 is 1.73 bits per heavy atom. The average Bonchev–Trinajstić information content (AvgIpc) is 3.45. The van der Waals surface area contributed by atoms with Crippen molar-refractivity contribution < 1.29 is 9.90 Å². The van der Waals surface area contributed by atoms with Crippen LogP contribution in [-0.2, 0) is 6.54 Å². The van der Waals surface area contributed by atoms with Gasteiger partial charge in [-0.1, -0.05) is 12.1 Å². The fraction of sp³-hybridized carbons (Fsp3) is 0.120. The highest BCUT2D eigenvalue weighted by Crippen LogP contribution is 2.40. The predicted molar refractivity (Wildman–Crippen MR) is 128 cm³/mol. The number of pyridine rings is 2. The number of carbonyl (C=O) groups is 1. The van der Waals surface area contributed by atoms with Crippen LogP contribution in [0.25, 0.3) is 5.69 Å². The van der Waals surface area contributed by atoms with Crippen LogP contribution in [-0.4, -0.2) is 35.6 Å². The molecule has 1 aromatic carbocycles. The van der Waals surface area contributed by atoms with Gasteiger partial charge in [-0.25, -0.2) is 4.79 Å². The van der Waals surface area contributed by atoms with Gasteiger partial charge in [-0.3, -0.25) is 9.97 Å². The highest BCUT2D eigenvalue weighted by atomic mass is 32.1. The molecule has 0 spiro atoms. The number of carboxylic acid groups (broad SMARTS) is 1. The summed E-state index contributed by atoms with van der Waals surface area (Å²) in [6, 6.07) is 22.3. The molecule has 8 heteroatoms. The van der Waals surface area contributed by atoms with E-state index in [4.69, 9.17) is 12.2 Å². The van der Waals surface area contributed by atoms with E-state index in [0.29, 0.717) is 11.7 Å². The van der Waals surface area contributed by atoms with E-state index < -0.39 is 5.97 Å². The van der Waals surface area contributed by atoms with Gasteiger partial charge >= 0.3 is 5.97 Å². The van der Waals surface area contributed by atoms with Crippen molar-refractivity contribution in [3.8, 4) is 5.69 Å². The lowest BCUT2D eigenvalue weighted by molar-refractivity contribution is 0.0697. The third kappa shape index (κ3) is 4.08. The lowest BCUT2D eigenvalue weighted by atomic mass is 10.0. The minimum atomic E-state index is -0.948. The van der Waals surface area contributed by atoms with Crippen LogP contribution in [0.2, 0.25) is 0 Å². The number of thiocarbonyl (C=S) groups is 1. The Morgan fingerprint density at radius 3 is 2.39 bits per heavy atom. The number of aromatic carboxylic acids is 1. The Bertz CT molecular complexity index is 1280. The van der Waals surface area contributed by atoms with Crippen LogP contribution < -0.4 is 5.32 Å². The molecule has 0 radical (unpaired) electrons. The largest absolute Gasteiger partial charge is 0.478 e. The number of carboxylic acids is 1. The fourth-order valence-corrected chi connectivity index (χ4v) is 4.50. The number of nitrogens with zero attached hydrogens (tertiary/aromatic N) is 4. The van der Waals surface area contributed by atoms with Crippen LogP contribution in [0.1, 0.15) is 39.5 Å². The van der Waals surface area contributed by atoms with Gasteiger partial charge < -0.3 is 19.9 Å². The van der Waals surface area contributed by atoms with Gasteiger partial charge in [0.1, 0.15) is 0 Å². The maximum atomic E-state index is 11.3. The number of rotatable bonds is 6. The lowest BCUT2D eigenvalue weighted by Gasteiger charge is -2.28. The SMILES string of the molecule is O=C(O)c1ccc(-n2cccc2[C@@H]2[C@@H](c3ccccn3)NC(=S)N2Cc2ccccn2)cc1. The van der Waals surface area contributed by atoms with E-state index in [-0.39, 0.29) is 17.6 Å². The molecule has 33 heavy (non-hydrogen) atoms. The summed E-state index contributed by atoms with van der Waals surface area (Å²) in [5.74, 6) is -0.948. The Hall–Kier alpha value is -4.04. The van der Waals surface area contributed by atoms with Crippen LogP contribution in [0.3, 0.4) is 0 Å². The van der Waals surface area contributed by atoms with Gasteiger partial charge in [-0.15, -0.1) is 0 Å². The van der Waals surface area contributed by atoms with E-state index in [1.807, 2.05) is 60.8 Å². The van der Waals surface area contributed by atoms with Gasteiger partial charge in [-0.2, -0.15) is 0 Å². The number of hydrogen-bond acceptors (Lipinski definition) is 4. The summed E-state index contributed by atoms with van der Waals surface area (Å²) >= 11 is 5.76. The molecule has 1 aliphatic rings. The average molecular weight is 456 g/mol. The van der Waals surface area contributed by atoms with Crippen molar-refractivity contribution in [3.63, 3.8) is 0 Å². The van der Waals surface area contributed by atoms with Crippen molar-refractivity contribution in [2.24, 2.45) is 0 Å². The van der Waals surface area contributed by atoms with E-state index >= 15 is 0 Å². The Labute approximate surface area is 196 Å². The second kappa shape index (κ2) is 8.84. The monoisotopic (exact) mass is 455 g/mol. The molecule has 7 nitrogen and oxygen atoms in total. The molecule has 1 aliphatic heterocycles. The van der Waals surface area contributed by atoms with Gasteiger partial charge in [0.2, 0.25) is 0 Å². The van der Waals surface area contributed by atoms with Crippen molar-refractivity contribution in [2.45, 2.75) is 18.6 Å². The summed E-state index contributed by atoms with van der Waals surface area (Å²) in [6.45, 7) is 0.545. The molecule has 3 aromatic heterocycles. The first-order valence-electron chi connectivity index (χ1n) is 10.5. The molecule has 0 saturated carbocycles. The summed E-state index contributed by atoms with van der Waals surface area (Å²) in [4.78, 5) is 22.5. The number of hydrogen-bond donors (Lipinski definition) is 2. The third-order valence-corrected chi connectivity index (χ3v) is 6.08. The summed E-state index contributed by atoms with van der Waals surface area (Å²) in [7, 11) is 0. The first-order chi connectivity index (χ1) is 16.1. The summed E-state index contributed by atoms with van der Waals surface area (Å²) < 4.78 is 2.06.